The largest absolute Gasteiger partial charge is 0.453 e. The minimum absolute atomic E-state index is 0.0167. The average Bonchev–Trinajstić information content (AvgIpc) is 3.58. The number of halogens is 5. The molecule has 9 unspecified atom stereocenters. The van der Waals surface area contributed by atoms with Crippen LogP contribution in [0.1, 0.15) is 68.9 Å². The van der Waals surface area contributed by atoms with Crippen molar-refractivity contribution >= 4 is 16.9 Å². The second kappa shape index (κ2) is 13.3. The molecule has 3 saturated heterocycles. The Morgan fingerprint density at radius 2 is 1.94 bits per heavy atom. The number of hydrogen-bond donors (Lipinski definition) is 1. The Labute approximate surface area is 287 Å². The van der Waals surface area contributed by atoms with Crippen LogP contribution in [0.2, 0.25) is 0 Å². The summed E-state index contributed by atoms with van der Waals surface area (Å²) in [6.45, 7) is 5.97. The Balaban J connectivity index is 1.01. The minimum atomic E-state index is -5.59. The number of likely N-dealkylation sites (N-methyl/N-ethyl adjacent to an activating group) is 1. The molecule has 0 spiro atoms. The zero-order chi connectivity index (χ0) is 34.9. The average molecular weight is 718 g/mol. The summed E-state index contributed by atoms with van der Waals surface area (Å²) in [5.41, 5.74) is 2.31. The number of rotatable bonds is 9. The Morgan fingerprint density at radius 3 is 2.69 bits per heavy atom. The number of carbonyl (C=O) groups is 1. The van der Waals surface area contributed by atoms with Crippen molar-refractivity contribution in [1.82, 2.24) is 14.7 Å². The molecule has 0 radical (unpaired) electrons. The van der Waals surface area contributed by atoms with Crippen LogP contribution in [-0.4, -0.2) is 118 Å². The molecule has 6 aliphatic rings. The standard InChI is InChI=1S/C35H48F5N3O5S/c1-33-11-8-25-24-5-4-23(48-32(45)43-18-27-28(19-43)47-14-13-41(27)2)17-22(24)16-21(31(25)26(33)6-7-29(33)44)9-12-42-20-30(42)49(46)15-3-10-34(36,37)35(38,39)40/h4-5,17,21,25-31,44H,3,6-16,18-20H2,1-2H3/t21-,25?,26?,27?,28?,29+,30?,31?,33?,42?,49?/m1/s1. The molecular weight excluding hydrogens is 669 g/mol. The van der Waals surface area contributed by atoms with Gasteiger partial charge in [-0.3, -0.25) is 14.0 Å². The number of ether oxygens (including phenoxy) is 2. The van der Waals surface area contributed by atoms with Crippen LogP contribution in [0.5, 0.6) is 5.75 Å². The third-order valence-electron chi connectivity index (χ3n) is 12.9. The molecule has 49 heavy (non-hydrogen) atoms. The van der Waals surface area contributed by atoms with Gasteiger partial charge in [-0.2, -0.15) is 22.0 Å². The molecule has 1 N–H and O–H groups in total. The molecule has 14 heteroatoms. The van der Waals surface area contributed by atoms with Crippen LogP contribution in [0.3, 0.4) is 0 Å². The van der Waals surface area contributed by atoms with Crippen molar-refractivity contribution in [2.45, 2.75) is 99.9 Å². The van der Waals surface area contributed by atoms with E-state index in [1.807, 2.05) is 17.0 Å². The second-order valence-electron chi connectivity index (χ2n) is 15.6. The zero-order valence-corrected chi connectivity index (χ0v) is 29.0. The number of benzene rings is 1. The number of fused-ring (bicyclic) bond motifs is 6. The van der Waals surface area contributed by atoms with E-state index in [2.05, 4.69) is 24.9 Å². The summed E-state index contributed by atoms with van der Waals surface area (Å²) in [6.07, 6.45) is -2.87. The number of aliphatic hydroxyl groups is 1. The van der Waals surface area contributed by atoms with E-state index in [-0.39, 0.29) is 46.8 Å². The highest BCUT2D eigenvalue weighted by atomic mass is 32.2. The van der Waals surface area contributed by atoms with Gasteiger partial charge in [-0.15, -0.1) is 0 Å². The Morgan fingerprint density at radius 1 is 1.14 bits per heavy atom. The molecule has 5 fully saturated rings. The smallest absolute Gasteiger partial charge is 0.410 e. The van der Waals surface area contributed by atoms with Crippen molar-refractivity contribution in [1.29, 1.82) is 0 Å². The van der Waals surface area contributed by atoms with Crippen molar-refractivity contribution < 1.29 is 45.5 Å². The first kappa shape index (κ1) is 35.5. The van der Waals surface area contributed by atoms with E-state index in [1.165, 1.54) is 5.56 Å². The molecule has 0 aromatic heterocycles. The predicted molar refractivity (Wildman–Crippen MR) is 173 cm³/mol. The van der Waals surface area contributed by atoms with E-state index in [4.69, 9.17) is 9.47 Å². The number of alkyl halides is 5. The Hall–Kier alpha value is -1.87. The van der Waals surface area contributed by atoms with Crippen LogP contribution in [0.25, 0.3) is 0 Å². The SMILES string of the molecule is CN1CCOC2CN(C(=O)Oc3ccc4c(c3)C[C@@H](CCN3CC3S(=O)CCCC(F)(F)C(F)(F)F)C3C4CCC4(C)C3CC[C@@H]4O)CC21. The molecular formula is C35H48F5N3O5S. The van der Waals surface area contributed by atoms with Gasteiger partial charge in [0.05, 0.1) is 36.8 Å². The Bertz CT molecular complexity index is 1430. The normalized spacial score (nSPS) is 38.0. The van der Waals surface area contributed by atoms with Gasteiger partial charge in [0, 0.05) is 42.6 Å². The number of carbonyl (C=O) groups excluding carboxylic acids is 1. The van der Waals surface area contributed by atoms with E-state index in [0.717, 1.165) is 50.6 Å². The number of amides is 1. The van der Waals surface area contributed by atoms with Crippen molar-refractivity contribution in [3.63, 3.8) is 0 Å². The van der Waals surface area contributed by atoms with Gasteiger partial charge < -0.3 is 19.5 Å². The summed E-state index contributed by atoms with van der Waals surface area (Å²) in [4.78, 5) is 19.2. The lowest BCUT2D eigenvalue weighted by atomic mass is 9.52. The molecule has 274 valence electrons. The number of aliphatic hydroxyl groups excluding tert-OH is 1. The molecule has 3 heterocycles. The van der Waals surface area contributed by atoms with Crippen LogP contribution in [0.15, 0.2) is 18.2 Å². The maximum atomic E-state index is 13.3. The van der Waals surface area contributed by atoms with E-state index in [9.17, 15) is 36.1 Å². The second-order valence-corrected chi connectivity index (χ2v) is 17.3. The highest BCUT2D eigenvalue weighted by molar-refractivity contribution is 7.85. The fourth-order valence-corrected chi connectivity index (χ4v) is 11.4. The molecule has 1 aromatic carbocycles. The highest BCUT2D eigenvalue weighted by Crippen LogP contribution is 2.62. The van der Waals surface area contributed by atoms with Crippen LogP contribution in [0.4, 0.5) is 26.7 Å². The summed E-state index contributed by atoms with van der Waals surface area (Å²) in [6, 6.07) is 6.18. The molecule has 8 nitrogen and oxygen atoms in total. The fourth-order valence-electron chi connectivity index (χ4n) is 9.94. The zero-order valence-electron chi connectivity index (χ0n) is 28.2. The minimum Gasteiger partial charge on any atom is -0.410 e. The van der Waals surface area contributed by atoms with Gasteiger partial charge in [0.15, 0.2) is 0 Å². The third kappa shape index (κ3) is 6.78. The van der Waals surface area contributed by atoms with Gasteiger partial charge in [-0.25, -0.2) is 4.79 Å². The third-order valence-corrected chi connectivity index (χ3v) is 14.6. The molecule has 3 aliphatic heterocycles. The van der Waals surface area contributed by atoms with Gasteiger partial charge in [-0.05, 0) is 111 Å². The molecule has 0 bridgehead atoms. The summed E-state index contributed by atoms with van der Waals surface area (Å²) in [5.74, 6) is -3.14. The first-order valence-electron chi connectivity index (χ1n) is 17.8. The van der Waals surface area contributed by atoms with Crippen LogP contribution < -0.4 is 4.74 Å². The summed E-state index contributed by atoms with van der Waals surface area (Å²) < 4.78 is 88.9. The maximum Gasteiger partial charge on any atom is 0.453 e. The van der Waals surface area contributed by atoms with E-state index in [0.29, 0.717) is 56.3 Å². The van der Waals surface area contributed by atoms with Gasteiger partial charge in [0.25, 0.3) is 0 Å². The monoisotopic (exact) mass is 717 g/mol. The first-order chi connectivity index (χ1) is 23.2. The molecule has 2 saturated carbocycles. The molecule has 7 rings (SSSR count). The first-order valence-corrected chi connectivity index (χ1v) is 19.2. The Kier molecular flexibility index (Phi) is 9.63. The summed E-state index contributed by atoms with van der Waals surface area (Å²) >= 11 is 0. The topological polar surface area (TPSA) is 82.3 Å². The van der Waals surface area contributed by atoms with Gasteiger partial charge in [0.2, 0.25) is 0 Å². The molecule has 1 amide bonds. The lowest BCUT2D eigenvalue weighted by Gasteiger charge is -2.53. The number of hydrogen-bond acceptors (Lipinski definition) is 7. The van der Waals surface area contributed by atoms with Crippen molar-refractivity contribution in [2.75, 3.05) is 52.1 Å². The van der Waals surface area contributed by atoms with Crippen LogP contribution >= 0.6 is 0 Å². The van der Waals surface area contributed by atoms with Crippen molar-refractivity contribution in [2.24, 2.45) is 23.2 Å². The summed E-state index contributed by atoms with van der Waals surface area (Å²) in [5, 5.41) is 10.7. The predicted octanol–water partition coefficient (Wildman–Crippen LogP) is 5.40. The van der Waals surface area contributed by atoms with E-state index >= 15 is 0 Å². The summed E-state index contributed by atoms with van der Waals surface area (Å²) in [7, 11) is 0.546. The van der Waals surface area contributed by atoms with E-state index in [1.54, 1.807) is 4.90 Å². The van der Waals surface area contributed by atoms with Crippen molar-refractivity contribution in [3.8, 4) is 5.75 Å². The van der Waals surface area contributed by atoms with Gasteiger partial charge in [-0.1, -0.05) is 13.0 Å². The van der Waals surface area contributed by atoms with Gasteiger partial charge in [0.1, 0.15) is 5.75 Å². The lowest BCUT2D eigenvalue weighted by Crippen LogP contribution is -2.48. The van der Waals surface area contributed by atoms with Crippen LogP contribution in [0, 0.1) is 23.2 Å². The molecule has 11 atom stereocenters. The van der Waals surface area contributed by atoms with Gasteiger partial charge >= 0.3 is 18.2 Å². The quantitative estimate of drug-likeness (QED) is 0.271. The van der Waals surface area contributed by atoms with Crippen LogP contribution in [-0.2, 0) is 22.0 Å². The molecule has 1 aromatic rings. The fraction of sp³-hybridized carbons (Fsp3) is 0.800. The number of nitrogens with zero attached hydrogens (tertiary/aromatic N) is 3. The van der Waals surface area contributed by atoms with E-state index < -0.39 is 35.7 Å². The molecule has 3 aliphatic carbocycles. The number of likely N-dealkylation sites (tertiary alicyclic amines) is 1. The lowest BCUT2D eigenvalue weighted by molar-refractivity contribution is -0.284. The highest BCUT2D eigenvalue weighted by Gasteiger charge is 2.58. The number of morpholine rings is 1. The van der Waals surface area contributed by atoms with Crippen molar-refractivity contribution in [3.05, 3.63) is 29.3 Å². The maximum absolute atomic E-state index is 13.3.